The Labute approximate surface area is 494 Å². The number of imidazole rings is 2. The minimum atomic E-state index is -1.62. The molecular formula is C51H82N18O15S. The number of primary amides is 2. The third-order valence-corrected chi connectivity index (χ3v) is 15.2. The summed E-state index contributed by atoms with van der Waals surface area (Å²) in [5.41, 5.74) is 12.6. The predicted octanol–water partition coefficient (Wildman–Crippen LogP) is -5.73. The maximum absolute atomic E-state index is 13.7. The highest BCUT2D eigenvalue weighted by molar-refractivity contribution is 8.00. The Morgan fingerprint density at radius 1 is 0.741 bits per heavy atom. The highest BCUT2D eigenvalue weighted by Crippen LogP contribution is 2.33. The molecule has 5 rings (SSSR count). The van der Waals surface area contributed by atoms with Crippen molar-refractivity contribution in [2.75, 3.05) is 58.5 Å². The molecule has 3 unspecified atom stereocenters. The lowest BCUT2D eigenvalue weighted by Gasteiger charge is -2.29. The SMILES string of the molecule is C[C@H](O)[C@@H](NC(=O)[C@@H](Cc1cnc[nH]1)NC(=O)[C@@H](CO)NC(=O)CCc1cnc[nH]1)C(=O)N[C@H](C)C(O)N[C@@H](CCCCn1cc(C[C@H](NC(=O)COCCOCCOCCNC(=O)CCCC[C@@H]2SCC3NC(=O)NC32)C(N)=O)nn1)C(N)=O. The van der Waals surface area contributed by atoms with E-state index < -0.39 is 96.5 Å². The molecule has 0 bridgehead atoms. The molecule has 3 aromatic heterocycles. The van der Waals surface area contributed by atoms with E-state index in [0.29, 0.717) is 61.3 Å². The highest BCUT2D eigenvalue weighted by atomic mass is 32.2. The number of thioether (sulfide) groups is 1. The number of ether oxygens (including phenoxy) is 3. The number of nitrogens with two attached hydrogens (primary N) is 2. The van der Waals surface area contributed by atoms with Crippen LogP contribution >= 0.6 is 11.8 Å². The Morgan fingerprint density at radius 3 is 2.11 bits per heavy atom. The smallest absolute Gasteiger partial charge is 0.315 e. The average molecular weight is 1220 g/mol. The number of fused-ring (bicyclic) bond motifs is 1. The number of nitrogens with one attached hydrogen (secondary N) is 11. The molecule has 5 heterocycles. The maximum atomic E-state index is 13.7. The average Bonchev–Trinajstić information content (AvgIpc) is 3.96. The molecule has 85 heavy (non-hydrogen) atoms. The van der Waals surface area contributed by atoms with Gasteiger partial charge in [0.15, 0.2) is 0 Å². The first-order valence-corrected chi connectivity index (χ1v) is 29.2. The molecule has 33 nitrogen and oxygen atoms in total. The minimum Gasteiger partial charge on any atom is -0.394 e. The van der Waals surface area contributed by atoms with Crippen LogP contribution < -0.4 is 59.3 Å². The first-order chi connectivity index (χ1) is 40.8. The lowest BCUT2D eigenvalue weighted by atomic mass is 10.0. The fraction of sp³-hybridized carbons (Fsp3) is 0.667. The van der Waals surface area contributed by atoms with E-state index >= 15 is 0 Å². The van der Waals surface area contributed by atoms with Crippen LogP contribution in [0.25, 0.3) is 0 Å². The molecule has 3 aromatic rings. The molecule has 0 spiro atoms. The summed E-state index contributed by atoms with van der Waals surface area (Å²) in [5, 5.41) is 63.9. The van der Waals surface area contributed by atoms with Gasteiger partial charge in [-0.1, -0.05) is 11.6 Å². The number of unbranched alkanes of at least 4 members (excludes halogenated alkanes) is 2. The molecule has 10 amide bonds. The van der Waals surface area contributed by atoms with Gasteiger partial charge >= 0.3 is 6.03 Å². The first kappa shape index (κ1) is 68.4. The first-order valence-electron chi connectivity index (χ1n) is 28.1. The summed E-state index contributed by atoms with van der Waals surface area (Å²) in [6, 6.07) is -7.55. The molecule has 18 N–H and O–H groups in total. The molecule has 11 atom stereocenters. The van der Waals surface area contributed by atoms with Crippen LogP contribution in [-0.2, 0) is 78.4 Å². The zero-order valence-corrected chi connectivity index (χ0v) is 48.4. The number of H-pyrrole nitrogens is 2. The van der Waals surface area contributed by atoms with Gasteiger partial charge in [-0.05, 0) is 52.4 Å². The zero-order chi connectivity index (χ0) is 61.7. The number of amides is 10. The molecule has 472 valence electrons. The summed E-state index contributed by atoms with van der Waals surface area (Å²) in [6.07, 6.45) is 8.24. The number of nitrogens with zero attached hydrogens (tertiary/aromatic N) is 5. The van der Waals surface area contributed by atoms with Gasteiger partial charge in [0, 0.05) is 79.8 Å². The summed E-state index contributed by atoms with van der Waals surface area (Å²) in [7, 11) is 0. The van der Waals surface area contributed by atoms with Crippen molar-refractivity contribution in [2.24, 2.45) is 11.5 Å². The van der Waals surface area contributed by atoms with Gasteiger partial charge in [0.1, 0.15) is 37.0 Å². The molecule has 0 aromatic carbocycles. The van der Waals surface area contributed by atoms with E-state index in [-0.39, 0.29) is 89.2 Å². The number of urea groups is 1. The number of aryl methyl sites for hydroxylation is 2. The van der Waals surface area contributed by atoms with E-state index in [1.54, 1.807) is 6.20 Å². The van der Waals surface area contributed by atoms with E-state index in [4.69, 9.17) is 25.7 Å². The van der Waals surface area contributed by atoms with Crippen LogP contribution in [0.3, 0.4) is 0 Å². The summed E-state index contributed by atoms with van der Waals surface area (Å²) < 4.78 is 17.8. The Kier molecular flexibility index (Phi) is 29.4. The van der Waals surface area contributed by atoms with E-state index in [0.717, 1.165) is 25.0 Å². The van der Waals surface area contributed by atoms with Crippen molar-refractivity contribution in [3.05, 3.63) is 48.3 Å². The van der Waals surface area contributed by atoms with Crippen LogP contribution in [0.2, 0.25) is 0 Å². The largest absolute Gasteiger partial charge is 0.394 e. The number of hydrogen-bond acceptors (Lipinski definition) is 21. The number of carbonyl (C=O) groups is 9. The molecule has 2 saturated heterocycles. The van der Waals surface area contributed by atoms with Gasteiger partial charge in [0.25, 0.3) is 0 Å². The van der Waals surface area contributed by atoms with Gasteiger partial charge < -0.3 is 93.5 Å². The van der Waals surface area contributed by atoms with Crippen molar-refractivity contribution < 1.29 is 72.7 Å². The number of aromatic amines is 2. The Bertz CT molecular complexity index is 2580. The fourth-order valence-electron chi connectivity index (χ4n) is 9.00. The number of rotatable bonds is 43. The monoisotopic (exact) mass is 1220 g/mol. The van der Waals surface area contributed by atoms with E-state index in [9.17, 15) is 58.5 Å². The molecule has 2 fully saturated rings. The van der Waals surface area contributed by atoms with Gasteiger partial charge in [-0.2, -0.15) is 11.8 Å². The van der Waals surface area contributed by atoms with Crippen molar-refractivity contribution in [3.8, 4) is 0 Å². The topological polar surface area (TPSA) is 490 Å². The zero-order valence-electron chi connectivity index (χ0n) is 47.6. The minimum absolute atomic E-state index is 0.0406. The summed E-state index contributed by atoms with van der Waals surface area (Å²) >= 11 is 1.86. The van der Waals surface area contributed by atoms with Gasteiger partial charge in [0.2, 0.25) is 47.3 Å². The highest BCUT2D eigenvalue weighted by Gasteiger charge is 2.42. The second-order valence-electron chi connectivity index (χ2n) is 20.5. The summed E-state index contributed by atoms with van der Waals surface area (Å²) in [6.45, 7) is 3.28. The van der Waals surface area contributed by atoms with E-state index in [1.807, 2.05) is 11.8 Å². The van der Waals surface area contributed by atoms with Crippen LogP contribution in [0.5, 0.6) is 0 Å². The molecule has 2 aliphatic heterocycles. The van der Waals surface area contributed by atoms with E-state index in [2.05, 4.69) is 78.1 Å². The predicted molar refractivity (Wildman–Crippen MR) is 302 cm³/mol. The Morgan fingerprint density at radius 2 is 1.42 bits per heavy atom. The van der Waals surface area contributed by atoms with Gasteiger partial charge in [-0.15, -0.1) is 5.10 Å². The van der Waals surface area contributed by atoms with Gasteiger partial charge in [-0.3, -0.25) is 48.4 Å². The Balaban J connectivity index is 0.930. The number of aromatic nitrogens is 7. The van der Waals surface area contributed by atoms with Gasteiger partial charge in [0.05, 0.1) is 88.3 Å². The third kappa shape index (κ3) is 24.7. The van der Waals surface area contributed by atoms with Crippen molar-refractivity contribution in [1.82, 2.24) is 82.8 Å². The molecule has 34 heteroatoms. The molecule has 2 aliphatic rings. The quantitative estimate of drug-likeness (QED) is 0.0143. The van der Waals surface area contributed by atoms with Gasteiger partial charge in [-0.25, -0.2) is 14.8 Å². The lowest BCUT2D eigenvalue weighted by molar-refractivity contribution is -0.135. The summed E-state index contributed by atoms with van der Waals surface area (Å²) in [4.78, 5) is 128. The van der Waals surface area contributed by atoms with Crippen LogP contribution in [0.4, 0.5) is 4.79 Å². The Hall–Kier alpha value is -7.34. The van der Waals surface area contributed by atoms with E-state index in [1.165, 1.54) is 43.6 Å². The normalized spacial score (nSPS) is 18.2. The molecular weight excluding hydrogens is 1140 g/mol. The maximum Gasteiger partial charge on any atom is 0.315 e. The standard InChI is InChI=1S/C51H82N18O15S/c1-29(59-50(80)43(30(2)71)65-48(78)36(19-32-22-55-28-58-32)63-49(79)37(24-70)61-41(73)11-10-31-21-54-27-57-31)47(77)62-34(45(52)75)7-5-6-13-69-23-33(67-68-69)20-35(46(53)76)60-42(74)25-84-18-17-83-16-15-82-14-12-56-40(72)9-4-3-8-39-44-38(26-85-39)64-51(81)66-44/h21-23,27-30,34-39,43-44,47,62,70-71,77H,3-20,24-26H2,1-2H3,(H2,52,75)(H2,53,76)(H,54,57)(H,55,58)(H,56,72)(H,59,80)(H,60,74)(H,61,73)(H,63,79)(H,65,78)(H2,64,66,81)/t29-,30+,34+,35+,36-,37-,38?,39+,43-,44?,47?/m1/s1. The number of aliphatic hydroxyl groups is 3. The second kappa shape index (κ2) is 36.5. The number of carbonyl (C=O) groups excluding carboxylic acids is 9. The van der Waals surface area contributed by atoms with Crippen LogP contribution in [-0.4, -0.2) is 228 Å². The van der Waals surface area contributed by atoms with Crippen molar-refractivity contribution in [2.45, 2.75) is 157 Å². The molecule has 0 saturated carbocycles. The molecule has 0 radical (unpaired) electrons. The lowest BCUT2D eigenvalue weighted by Crippen LogP contribution is -2.62. The van der Waals surface area contributed by atoms with Crippen LogP contribution in [0.1, 0.15) is 82.3 Å². The number of hydrogen-bond donors (Lipinski definition) is 16. The fourth-order valence-corrected chi connectivity index (χ4v) is 10.5. The van der Waals surface area contributed by atoms with Crippen LogP contribution in [0.15, 0.2) is 31.2 Å². The summed E-state index contributed by atoms with van der Waals surface area (Å²) in [5.74, 6) is -4.68. The van der Waals surface area contributed by atoms with Crippen molar-refractivity contribution in [3.63, 3.8) is 0 Å². The molecule has 0 aliphatic carbocycles. The third-order valence-electron chi connectivity index (χ3n) is 13.7. The van der Waals surface area contributed by atoms with Crippen molar-refractivity contribution >= 4 is 65.1 Å². The second-order valence-corrected chi connectivity index (χ2v) is 21.8. The van der Waals surface area contributed by atoms with Crippen molar-refractivity contribution in [1.29, 1.82) is 0 Å². The van der Waals surface area contributed by atoms with Crippen LogP contribution in [0, 0.1) is 0 Å². The number of aliphatic hydroxyl groups excluding tert-OH is 3.